The Morgan fingerprint density at radius 3 is 2.58 bits per heavy atom. The minimum absolute atomic E-state index is 0.0844. The van der Waals surface area contributed by atoms with Crippen LogP contribution in [0.3, 0.4) is 0 Å². The van der Waals surface area contributed by atoms with Crippen LogP contribution in [0.5, 0.6) is 5.75 Å². The Balaban J connectivity index is 1.54. The van der Waals surface area contributed by atoms with Gasteiger partial charge in [0.15, 0.2) is 0 Å². The average Bonchev–Trinajstić information content (AvgIpc) is 3.41. The number of aromatic nitrogens is 1. The highest BCUT2D eigenvalue weighted by atomic mass is 79.9. The van der Waals surface area contributed by atoms with Gasteiger partial charge in [0.25, 0.3) is 11.7 Å². The zero-order valence-electron chi connectivity index (χ0n) is 19.7. The number of nitrogens with zero attached hydrogens (tertiary/aromatic N) is 1. The number of aliphatic hydroxyl groups is 1. The molecule has 1 aliphatic rings. The van der Waals surface area contributed by atoms with Crippen LogP contribution in [-0.2, 0) is 16.0 Å². The Morgan fingerprint density at radius 1 is 1.06 bits per heavy atom. The van der Waals surface area contributed by atoms with Crippen molar-refractivity contribution in [1.29, 1.82) is 0 Å². The van der Waals surface area contributed by atoms with Crippen LogP contribution in [0.2, 0.25) is 0 Å². The lowest BCUT2D eigenvalue weighted by atomic mass is 9.95. The summed E-state index contributed by atoms with van der Waals surface area (Å²) in [5, 5.41) is 12.3. The van der Waals surface area contributed by atoms with E-state index >= 15 is 0 Å². The second-order valence-corrected chi connectivity index (χ2v) is 9.53. The van der Waals surface area contributed by atoms with Gasteiger partial charge in [0.2, 0.25) is 0 Å². The summed E-state index contributed by atoms with van der Waals surface area (Å²) in [6.45, 7) is 2.74. The van der Waals surface area contributed by atoms with Crippen molar-refractivity contribution >= 4 is 44.3 Å². The number of likely N-dealkylation sites (tertiary alicyclic amines) is 1. The Morgan fingerprint density at radius 2 is 1.83 bits per heavy atom. The molecule has 0 spiro atoms. The second-order valence-electron chi connectivity index (χ2n) is 8.61. The molecule has 1 amide bonds. The van der Waals surface area contributed by atoms with Crippen molar-refractivity contribution in [2.75, 3.05) is 13.2 Å². The lowest BCUT2D eigenvalue weighted by Crippen LogP contribution is -2.31. The number of carbonyl (C=O) groups is 2. The van der Waals surface area contributed by atoms with Gasteiger partial charge in [-0.3, -0.25) is 9.59 Å². The topological polar surface area (TPSA) is 82.6 Å². The Hall–Kier alpha value is -3.84. The molecule has 0 unspecified atom stereocenters. The van der Waals surface area contributed by atoms with Gasteiger partial charge >= 0.3 is 0 Å². The molecule has 5 rings (SSSR count). The van der Waals surface area contributed by atoms with Crippen LogP contribution in [0, 0.1) is 0 Å². The highest BCUT2D eigenvalue weighted by Crippen LogP contribution is 2.40. The van der Waals surface area contributed by atoms with Gasteiger partial charge in [-0.05, 0) is 66.9 Å². The van der Waals surface area contributed by atoms with Crippen LogP contribution in [0.1, 0.15) is 29.7 Å². The second kappa shape index (κ2) is 10.0. The Bertz CT molecular complexity index is 1470. The first-order valence-electron chi connectivity index (χ1n) is 11.8. The van der Waals surface area contributed by atoms with Gasteiger partial charge in [-0.25, -0.2) is 0 Å². The maximum absolute atomic E-state index is 13.3. The molecule has 1 aliphatic heterocycles. The maximum Gasteiger partial charge on any atom is 0.295 e. The molecule has 2 N–H and O–H groups in total. The third-order valence-corrected chi connectivity index (χ3v) is 6.93. The number of benzene rings is 3. The van der Waals surface area contributed by atoms with Gasteiger partial charge in [0.05, 0.1) is 18.2 Å². The summed E-state index contributed by atoms with van der Waals surface area (Å²) in [6.07, 6.45) is 2.50. The fourth-order valence-electron chi connectivity index (χ4n) is 4.74. The molecule has 1 aromatic heterocycles. The van der Waals surface area contributed by atoms with Crippen LogP contribution in [0.25, 0.3) is 16.7 Å². The largest absolute Gasteiger partial charge is 0.507 e. The molecule has 4 aromatic rings. The lowest BCUT2D eigenvalue weighted by Gasteiger charge is -2.25. The molecular weight excluding hydrogens is 520 g/mol. The molecule has 6 nitrogen and oxygen atoms in total. The molecule has 1 saturated heterocycles. The van der Waals surface area contributed by atoms with Crippen molar-refractivity contribution in [3.63, 3.8) is 0 Å². The van der Waals surface area contributed by atoms with E-state index in [4.69, 9.17) is 4.74 Å². The van der Waals surface area contributed by atoms with Crippen molar-refractivity contribution in [3.05, 3.63) is 106 Å². The zero-order valence-corrected chi connectivity index (χ0v) is 21.3. The number of amides is 1. The average molecular weight is 545 g/mol. The summed E-state index contributed by atoms with van der Waals surface area (Å²) < 4.78 is 6.31. The summed E-state index contributed by atoms with van der Waals surface area (Å²) >= 11 is 3.50. The number of para-hydroxylation sites is 1. The molecule has 0 bridgehead atoms. The summed E-state index contributed by atoms with van der Waals surface area (Å²) in [4.78, 5) is 31.4. The SMILES string of the molecule is CCOc1ccc(C(O)=C2C(=O)C(=O)N(CCc3c[nH]c4ccccc34)[C@@H]2c2cccc(Br)c2)cc1. The van der Waals surface area contributed by atoms with Gasteiger partial charge in [-0.1, -0.05) is 46.3 Å². The zero-order chi connectivity index (χ0) is 25.2. The van der Waals surface area contributed by atoms with Crippen molar-refractivity contribution in [2.24, 2.45) is 0 Å². The van der Waals surface area contributed by atoms with Crippen molar-refractivity contribution in [1.82, 2.24) is 9.88 Å². The number of fused-ring (bicyclic) bond motifs is 1. The first-order valence-corrected chi connectivity index (χ1v) is 12.6. The molecule has 1 fully saturated rings. The standard InChI is InChI=1S/C29H25BrN2O4/c1-2-36-22-12-10-18(11-13-22)27(33)25-26(19-6-5-7-21(30)16-19)32(29(35)28(25)34)15-14-20-17-31-24-9-4-3-8-23(20)24/h3-13,16-17,26,31,33H,2,14-15H2,1H3/t26-/m1/s1. The summed E-state index contributed by atoms with van der Waals surface area (Å²) in [5.41, 5.74) is 3.37. The summed E-state index contributed by atoms with van der Waals surface area (Å²) in [7, 11) is 0. The molecule has 1 atom stereocenters. The summed E-state index contributed by atoms with van der Waals surface area (Å²) in [6, 6.07) is 21.6. The summed E-state index contributed by atoms with van der Waals surface area (Å²) in [5.74, 6) is -0.842. The number of ketones is 1. The van der Waals surface area contributed by atoms with Gasteiger partial charge < -0.3 is 19.7 Å². The first kappa shape index (κ1) is 23.9. The van der Waals surface area contributed by atoms with E-state index in [9.17, 15) is 14.7 Å². The Kier molecular flexibility index (Phi) is 6.65. The Labute approximate surface area is 217 Å². The highest BCUT2D eigenvalue weighted by molar-refractivity contribution is 9.10. The fourth-order valence-corrected chi connectivity index (χ4v) is 5.16. The first-order chi connectivity index (χ1) is 17.5. The molecule has 0 radical (unpaired) electrons. The molecule has 7 heteroatoms. The number of Topliss-reactive ketones (excluding diaryl/α,β-unsaturated/α-hetero) is 1. The number of aromatic amines is 1. The van der Waals surface area contributed by atoms with E-state index in [0.717, 1.165) is 26.5 Å². The minimum atomic E-state index is -0.709. The van der Waals surface area contributed by atoms with Gasteiger partial charge in [-0.15, -0.1) is 0 Å². The lowest BCUT2D eigenvalue weighted by molar-refractivity contribution is -0.139. The number of hydrogen-bond donors (Lipinski definition) is 2. The van der Waals surface area contributed by atoms with E-state index in [-0.39, 0.29) is 11.3 Å². The van der Waals surface area contributed by atoms with Gasteiger partial charge in [-0.2, -0.15) is 0 Å². The predicted octanol–water partition coefficient (Wildman–Crippen LogP) is 5.99. The molecule has 3 aromatic carbocycles. The molecule has 36 heavy (non-hydrogen) atoms. The van der Waals surface area contributed by atoms with Crippen LogP contribution in [-0.4, -0.2) is 39.8 Å². The third-order valence-electron chi connectivity index (χ3n) is 6.44. The predicted molar refractivity (Wildman–Crippen MR) is 143 cm³/mol. The van der Waals surface area contributed by atoms with E-state index in [1.807, 2.05) is 61.7 Å². The molecular formula is C29H25BrN2O4. The quantitative estimate of drug-likeness (QED) is 0.170. The minimum Gasteiger partial charge on any atom is -0.507 e. The smallest absolute Gasteiger partial charge is 0.295 e. The van der Waals surface area contributed by atoms with Crippen molar-refractivity contribution in [3.8, 4) is 5.75 Å². The van der Waals surface area contributed by atoms with Crippen LogP contribution < -0.4 is 4.74 Å². The number of H-pyrrole nitrogens is 1. The van der Waals surface area contributed by atoms with Crippen molar-refractivity contribution < 1.29 is 19.4 Å². The van der Waals surface area contributed by atoms with E-state index in [1.165, 1.54) is 0 Å². The van der Waals surface area contributed by atoms with Crippen molar-refractivity contribution in [2.45, 2.75) is 19.4 Å². The monoisotopic (exact) mass is 544 g/mol. The van der Waals surface area contributed by atoms with E-state index in [0.29, 0.717) is 30.9 Å². The normalized spacial score (nSPS) is 17.2. The number of nitrogens with one attached hydrogen (secondary N) is 1. The van der Waals surface area contributed by atoms with E-state index in [1.54, 1.807) is 29.2 Å². The van der Waals surface area contributed by atoms with Gasteiger partial charge in [0.1, 0.15) is 11.5 Å². The highest BCUT2D eigenvalue weighted by Gasteiger charge is 2.45. The van der Waals surface area contributed by atoms with Gasteiger partial charge in [0, 0.05) is 33.7 Å². The molecule has 2 heterocycles. The number of carbonyl (C=O) groups excluding carboxylic acids is 2. The van der Waals surface area contributed by atoms with Crippen LogP contribution >= 0.6 is 15.9 Å². The van der Waals surface area contributed by atoms with E-state index in [2.05, 4.69) is 20.9 Å². The molecule has 0 saturated carbocycles. The third kappa shape index (κ3) is 4.42. The number of rotatable bonds is 7. The number of ether oxygens (including phenoxy) is 1. The molecule has 182 valence electrons. The molecule has 0 aliphatic carbocycles. The van der Waals surface area contributed by atoms with Crippen LogP contribution in [0.4, 0.5) is 0 Å². The fraction of sp³-hybridized carbons (Fsp3) is 0.172. The number of aliphatic hydroxyl groups excluding tert-OH is 1. The number of hydrogen-bond acceptors (Lipinski definition) is 4. The maximum atomic E-state index is 13.3. The van der Waals surface area contributed by atoms with E-state index < -0.39 is 17.7 Å². The van der Waals surface area contributed by atoms with Crippen LogP contribution in [0.15, 0.2) is 89.0 Å². The number of halogens is 1.